The lowest BCUT2D eigenvalue weighted by Gasteiger charge is -2.22. The molecule has 16 heavy (non-hydrogen) atoms. The first kappa shape index (κ1) is 13.5. The number of carbonyl (C=O) groups excluding carboxylic acids is 1. The summed E-state index contributed by atoms with van der Waals surface area (Å²) in [6.45, 7) is 9.09. The highest BCUT2D eigenvalue weighted by Crippen LogP contribution is 2.19. The number of carbonyl (C=O) groups is 1. The van der Waals surface area contributed by atoms with E-state index in [9.17, 15) is 4.79 Å². The van der Waals surface area contributed by atoms with E-state index >= 15 is 0 Å². The van der Waals surface area contributed by atoms with Gasteiger partial charge in [0, 0.05) is 6.42 Å². The maximum Gasteiger partial charge on any atom is 0.306 e. The van der Waals surface area contributed by atoms with Crippen LogP contribution in [0.1, 0.15) is 46.5 Å². The van der Waals surface area contributed by atoms with Crippen LogP contribution in [-0.2, 0) is 9.53 Å². The van der Waals surface area contributed by atoms with Gasteiger partial charge in [0.05, 0.1) is 6.61 Å². The molecule has 0 spiro atoms. The normalized spacial score (nSPS) is 21.8. The Bertz CT molecular complexity index is 214. The Balaban J connectivity index is 2.10. The molecule has 1 atom stereocenters. The third-order valence-corrected chi connectivity index (χ3v) is 2.97. The van der Waals surface area contributed by atoms with Crippen molar-refractivity contribution in [2.45, 2.75) is 46.5 Å². The van der Waals surface area contributed by atoms with Crippen LogP contribution in [0.25, 0.3) is 0 Å². The standard InChI is InChI=1S/C13H25NO2/c1-13(2,3)6-8-16-12(15)9-11-5-4-7-14-10-11/h11,14H,4-10H2,1-3H3. The van der Waals surface area contributed by atoms with Gasteiger partial charge in [0.15, 0.2) is 0 Å². The van der Waals surface area contributed by atoms with Crippen LogP contribution in [0.4, 0.5) is 0 Å². The lowest BCUT2D eigenvalue weighted by Crippen LogP contribution is -2.31. The van der Waals surface area contributed by atoms with Gasteiger partial charge in [-0.1, -0.05) is 20.8 Å². The zero-order valence-corrected chi connectivity index (χ0v) is 10.8. The van der Waals surface area contributed by atoms with Crippen molar-refractivity contribution in [3.05, 3.63) is 0 Å². The highest BCUT2D eigenvalue weighted by molar-refractivity contribution is 5.69. The van der Waals surface area contributed by atoms with E-state index in [0.717, 1.165) is 25.9 Å². The molecule has 0 aromatic rings. The average Bonchev–Trinajstić information content (AvgIpc) is 2.17. The van der Waals surface area contributed by atoms with Crippen molar-refractivity contribution in [3.63, 3.8) is 0 Å². The van der Waals surface area contributed by atoms with Crippen LogP contribution in [0.3, 0.4) is 0 Å². The first-order valence-electron chi connectivity index (χ1n) is 6.34. The fourth-order valence-corrected chi connectivity index (χ4v) is 1.86. The van der Waals surface area contributed by atoms with Crippen LogP contribution in [0.5, 0.6) is 0 Å². The molecule has 1 unspecified atom stereocenters. The summed E-state index contributed by atoms with van der Waals surface area (Å²) < 4.78 is 5.25. The predicted octanol–water partition coefficient (Wildman–Crippen LogP) is 2.36. The second kappa shape index (κ2) is 6.24. The molecule has 0 bridgehead atoms. The third-order valence-electron chi connectivity index (χ3n) is 2.97. The van der Waals surface area contributed by atoms with Crippen molar-refractivity contribution < 1.29 is 9.53 Å². The van der Waals surface area contributed by atoms with Crippen LogP contribution in [-0.4, -0.2) is 25.7 Å². The average molecular weight is 227 g/mol. The lowest BCUT2D eigenvalue weighted by atomic mass is 9.93. The van der Waals surface area contributed by atoms with Gasteiger partial charge >= 0.3 is 5.97 Å². The molecule has 0 saturated carbocycles. The number of nitrogens with one attached hydrogen (secondary N) is 1. The zero-order chi connectivity index (χ0) is 12.0. The third kappa shape index (κ3) is 6.11. The fraction of sp³-hybridized carbons (Fsp3) is 0.923. The minimum Gasteiger partial charge on any atom is -0.466 e. The molecule has 1 saturated heterocycles. The van der Waals surface area contributed by atoms with Crippen molar-refractivity contribution in [2.75, 3.05) is 19.7 Å². The van der Waals surface area contributed by atoms with E-state index in [2.05, 4.69) is 26.1 Å². The summed E-state index contributed by atoms with van der Waals surface area (Å²) in [6, 6.07) is 0. The first-order valence-corrected chi connectivity index (χ1v) is 6.34. The Morgan fingerprint density at radius 2 is 2.19 bits per heavy atom. The van der Waals surface area contributed by atoms with Gasteiger partial charge in [-0.05, 0) is 43.7 Å². The highest BCUT2D eigenvalue weighted by atomic mass is 16.5. The van der Waals surface area contributed by atoms with E-state index in [4.69, 9.17) is 4.74 Å². The second-order valence-corrected chi connectivity index (χ2v) is 5.95. The van der Waals surface area contributed by atoms with Gasteiger partial charge in [0.25, 0.3) is 0 Å². The molecule has 3 nitrogen and oxygen atoms in total. The van der Waals surface area contributed by atoms with E-state index in [1.165, 1.54) is 6.42 Å². The Hall–Kier alpha value is -0.570. The molecule has 0 aromatic carbocycles. The van der Waals surface area contributed by atoms with Gasteiger partial charge in [-0.3, -0.25) is 4.79 Å². The summed E-state index contributed by atoms with van der Waals surface area (Å²) in [4.78, 5) is 11.5. The van der Waals surface area contributed by atoms with E-state index in [-0.39, 0.29) is 11.4 Å². The molecule has 0 aliphatic carbocycles. The topological polar surface area (TPSA) is 38.3 Å². The number of rotatable bonds is 4. The van der Waals surface area contributed by atoms with Crippen LogP contribution < -0.4 is 5.32 Å². The second-order valence-electron chi connectivity index (χ2n) is 5.95. The van der Waals surface area contributed by atoms with Crippen LogP contribution in [0.2, 0.25) is 0 Å². The van der Waals surface area contributed by atoms with E-state index < -0.39 is 0 Å². The largest absolute Gasteiger partial charge is 0.466 e. The van der Waals surface area contributed by atoms with Crippen molar-refractivity contribution in [1.29, 1.82) is 0 Å². The maximum atomic E-state index is 11.5. The van der Waals surface area contributed by atoms with Crippen molar-refractivity contribution >= 4 is 5.97 Å². The summed E-state index contributed by atoms with van der Waals surface area (Å²) in [7, 11) is 0. The molecule has 94 valence electrons. The molecule has 0 amide bonds. The number of ether oxygens (including phenoxy) is 1. The Labute approximate surface area is 98.9 Å². The molecule has 3 heteroatoms. The quantitative estimate of drug-likeness (QED) is 0.749. The lowest BCUT2D eigenvalue weighted by molar-refractivity contribution is -0.145. The van der Waals surface area contributed by atoms with E-state index in [1.807, 2.05) is 0 Å². The van der Waals surface area contributed by atoms with Gasteiger partial charge in [0.2, 0.25) is 0 Å². The summed E-state index contributed by atoms with van der Waals surface area (Å²) in [5.41, 5.74) is 0.243. The highest BCUT2D eigenvalue weighted by Gasteiger charge is 2.18. The number of hydrogen-bond donors (Lipinski definition) is 1. The van der Waals surface area contributed by atoms with Gasteiger partial charge in [-0.25, -0.2) is 0 Å². The molecular formula is C13H25NO2. The van der Waals surface area contributed by atoms with Crippen molar-refractivity contribution in [3.8, 4) is 0 Å². The predicted molar refractivity (Wildman–Crippen MR) is 65.2 cm³/mol. The summed E-state index contributed by atoms with van der Waals surface area (Å²) in [5.74, 6) is 0.453. The zero-order valence-electron chi connectivity index (χ0n) is 10.8. The van der Waals surface area contributed by atoms with Crippen molar-refractivity contribution in [2.24, 2.45) is 11.3 Å². The minimum atomic E-state index is -0.0297. The molecule has 1 heterocycles. The Kier molecular flexibility index (Phi) is 5.26. The Morgan fingerprint density at radius 1 is 1.44 bits per heavy atom. The molecule has 0 radical (unpaired) electrons. The molecule has 1 aliphatic heterocycles. The number of hydrogen-bond acceptors (Lipinski definition) is 3. The Morgan fingerprint density at radius 3 is 2.75 bits per heavy atom. The first-order chi connectivity index (χ1) is 7.47. The molecule has 1 fully saturated rings. The molecule has 1 N–H and O–H groups in total. The van der Waals surface area contributed by atoms with Crippen molar-refractivity contribution in [1.82, 2.24) is 5.32 Å². The minimum absolute atomic E-state index is 0.0297. The number of piperidine rings is 1. The maximum absolute atomic E-state index is 11.5. The summed E-state index contributed by atoms with van der Waals surface area (Å²) in [5, 5.41) is 3.31. The van der Waals surface area contributed by atoms with E-state index in [0.29, 0.717) is 18.9 Å². The monoisotopic (exact) mass is 227 g/mol. The number of esters is 1. The van der Waals surface area contributed by atoms with Crippen LogP contribution in [0.15, 0.2) is 0 Å². The van der Waals surface area contributed by atoms with Crippen LogP contribution in [0, 0.1) is 11.3 Å². The SMILES string of the molecule is CC(C)(C)CCOC(=O)CC1CCCNC1. The molecular weight excluding hydrogens is 202 g/mol. The van der Waals surface area contributed by atoms with Gasteiger partial charge in [-0.2, -0.15) is 0 Å². The van der Waals surface area contributed by atoms with Gasteiger partial charge < -0.3 is 10.1 Å². The summed E-state index contributed by atoms with van der Waals surface area (Å²) >= 11 is 0. The smallest absolute Gasteiger partial charge is 0.306 e. The van der Waals surface area contributed by atoms with E-state index in [1.54, 1.807) is 0 Å². The van der Waals surface area contributed by atoms with Gasteiger partial charge in [-0.15, -0.1) is 0 Å². The fourth-order valence-electron chi connectivity index (χ4n) is 1.86. The molecule has 1 rings (SSSR count). The molecule has 1 aliphatic rings. The summed E-state index contributed by atoms with van der Waals surface area (Å²) in [6.07, 6.45) is 3.85. The van der Waals surface area contributed by atoms with Gasteiger partial charge in [0.1, 0.15) is 0 Å². The van der Waals surface area contributed by atoms with Crippen LogP contribution >= 0.6 is 0 Å². The molecule has 0 aromatic heterocycles.